The zero-order valence-corrected chi connectivity index (χ0v) is 21.5. The van der Waals surface area contributed by atoms with Gasteiger partial charge >= 0.3 is 12.2 Å². The van der Waals surface area contributed by atoms with E-state index in [0.29, 0.717) is 37.6 Å². The number of fused-ring (bicyclic) bond motifs is 4. The fraction of sp³-hybridized carbons (Fsp3) is 0.542. The zero-order valence-electron chi connectivity index (χ0n) is 21.5. The van der Waals surface area contributed by atoms with E-state index in [1.54, 1.807) is 6.07 Å². The van der Waals surface area contributed by atoms with Crippen LogP contribution in [0.15, 0.2) is 24.5 Å². The number of carbonyl (C=O) groups excluding carboxylic acids is 2. The van der Waals surface area contributed by atoms with Gasteiger partial charge in [-0.2, -0.15) is 13.2 Å². The summed E-state index contributed by atoms with van der Waals surface area (Å²) in [6.45, 7) is 6.33. The molecular formula is C24H28F3N7O5. The van der Waals surface area contributed by atoms with Gasteiger partial charge in [-0.25, -0.2) is 19.7 Å². The lowest BCUT2D eigenvalue weighted by Crippen LogP contribution is -2.49. The minimum Gasteiger partial charge on any atom is -0.488 e. The van der Waals surface area contributed by atoms with Crippen LogP contribution in [0.3, 0.4) is 0 Å². The highest BCUT2D eigenvalue weighted by Crippen LogP contribution is 2.39. The van der Waals surface area contributed by atoms with Crippen molar-refractivity contribution in [1.82, 2.24) is 20.3 Å². The summed E-state index contributed by atoms with van der Waals surface area (Å²) >= 11 is 0. The van der Waals surface area contributed by atoms with Crippen molar-refractivity contribution in [1.29, 1.82) is 0 Å². The first-order valence-electron chi connectivity index (χ1n) is 12.4. The van der Waals surface area contributed by atoms with Crippen molar-refractivity contribution in [2.75, 3.05) is 41.4 Å². The normalized spacial score (nSPS) is 22.3. The highest BCUT2D eigenvalue weighted by Gasteiger charge is 2.41. The topological polar surface area (TPSA) is 131 Å². The number of carbonyl (C=O) groups is 2. The Morgan fingerprint density at radius 1 is 1.26 bits per heavy atom. The molecule has 0 saturated carbocycles. The van der Waals surface area contributed by atoms with Gasteiger partial charge in [0.15, 0.2) is 17.4 Å². The standard InChI is InChI=1S/C24H28F3N7O5/c1-13(24(25,26)27)30-20(35)17-4-5-18-19(31-17)34(14-6-7-33(18)10-14)22(36)32-21-28-8-15(9-29-21)37-11-16-12-38-23(2,3)39-16/h4-5,8-9,13-14,16H,6-7,10-12H2,1-3H3,(H,30,35)(H,28,29,32,36)/t13-,14+,16-/m1/s1. The molecule has 5 heterocycles. The van der Waals surface area contributed by atoms with E-state index < -0.39 is 29.9 Å². The second-order valence-electron chi connectivity index (χ2n) is 9.97. The second kappa shape index (κ2) is 10.1. The summed E-state index contributed by atoms with van der Waals surface area (Å²) in [6, 6.07) is 0.0384. The molecule has 2 fully saturated rings. The van der Waals surface area contributed by atoms with Crippen molar-refractivity contribution in [3.63, 3.8) is 0 Å². The number of nitrogens with one attached hydrogen (secondary N) is 2. The number of anilines is 3. The van der Waals surface area contributed by atoms with Crippen LogP contribution in [0.2, 0.25) is 0 Å². The first kappa shape index (κ1) is 26.9. The highest BCUT2D eigenvalue weighted by molar-refractivity contribution is 6.04. The Morgan fingerprint density at radius 2 is 2.00 bits per heavy atom. The average Bonchev–Trinajstić information content (AvgIpc) is 3.45. The van der Waals surface area contributed by atoms with Gasteiger partial charge in [-0.05, 0) is 39.3 Å². The van der Waals surface area contributed by atoms with Crippen LogP contribution in [0.1, 0.15) is 37.7 Å². The Balaban J connectivity index is 1.27. The van der Waals surface area contributed by atoms with E-state index >= 15 is 0 Å². The third-order valence-electron chi connectivity index (χ3n) is 6.59. The number of urea groups is 1. The number of alkyl halides is 3. The van der Waals surface area contributed by atoms with Crippen molar-refractivity contribution in [2.24, 2.45) is 0 Å². The van der Waals surface area contributed by atoms with Gasteiger partial charge < -0.3 is 24.4 Å². The number of ether oxygens (including phenoxy) is 3. The fourth-order valence-electron chi connectivity index (χ4n) is 4.60. The Hall–Kier alpha value is -3.72. The Morgan fingerprint density at radius 3 is 2.67 bits per heavy atom. The molecule has 3 amide bonds. The van der Waals surface area contributed by atoms with Gasteiger partial charge in [-0.1, -0.05) is 0 Å². The summed E-state index contributed by atoms with van der Waals surface area (Å²) in [7, 11) is 0. The molecule has 15 heteroatoms. The van der Waals surface area contributed by atoms with Crippen LogP contribution in [0, 0.1) is 0 Å². The average molecular weight is 552 g/mol. The van der Waals surface area contributed by atoms with E-state index in [-0.39, 0.29) is 36.2 Å². The first-order chi connectivity index (χ1) is 18.4. The van der Waals surface area contributed by atoms with E-state index in [9.17, 15) is 22.8 Å². The van der Waals surface area contributed by atoms with Crippen molar-refractivity contribution >= 4 is 29.4 Å². The van der Waals surface area contributed by atoms with Crippen molar-refractivity contribution in [2.45, 2.75) is 57.3 Å². The van der Waals surface area contributed by atoms with Gasteiger partial charge in [-0.3, -0.25) is 15.0 Å². The number of hydrogen-bond donors (Lipinski definition) is 2. The molecule has 0 unspecified atom stereocenters. The molecule has 2 aromatic rings. The molecule has 2 N–H and O–H groups in total. The van der Waals surface area contributed by atoms with E-state index in [1.165, 1.54) is 23.4 Å². The number of hydrogen-bond acceptors (Lipinski definition) is 9. The van der Waals surface area contributed by atoms with Crippen LogP contribution < -0.4 is 25.2 Å². The van der Waals surface area contributed by atoms with Crippen LogP contribution in [0.25, 0.3) is 0 Å². The lowest BCUT2D eigenvalue weighted by atomic mass is 10.1. The predicted octanol–water partition coefficient (Wildman–Crippen LogP) is 2.71. The largest absolute Gasteiger partial charge is 0.488 e. The molecule has 0 radical (unpaired) electrons. The maximum absolute atomic E-state index is 13.3. The van der Waals surface area contributed by atoms with Gasteiger partial charge in [0, 0.05) is 13.1 Å². The van der Waals surface area contributed by atoms with Crippen molar-refractivity contribution in [3.8, 4) is 5.75 Å². The maximum Gasteiger partial charge on any atom is 0.408 e. The minimum atomic E-state index is -4.60. The van der Waals surface area contributed by atoms with Crippen LogP contribution in [-0.4, -0.2) is 83.3 Å². The van der Waals surface area contributed by atoms with E-state index in [2.05, 4.69) is 20.3 Å². The molecule has 12 nitrogen and oxygen atoms in total. The summed E-state index contributed by atoms with van der Waals surface area (Å²) in [5.41, 5.74) is 0.369. The number of amides is 3. The highest BCUT2D eigenvalue weighted by atomic mass is 19.4. The predicted molar refractivity (Wildman–Crippen MR) is 132 cm³/mol. The molecule has 0 aliphatic carbocycles. The summed E-state index contributed by atoms with van der Waals surface area (Å²) in [4.78, 5) is 41.8. The summed E-state index contributed by atoms with van der Waals surface area (Å²) in [6.07, 6.45) is -1.37. The number of pyridine rings is 1. The lowest BCUT2D eigenvalue weighted by molar-refractivity contribution is -0.149. The Labute approximate surface area is 221 Å². The van der Waals surface area contributed by atoms with Gasteiger partial charge in [0.1, 0.15) is 24.4 Å². The molecule has 210 valence electrons. The van der Waals surface area contributed by atoms with Crippen LogP contribution in [0.4, 0.5) is 35.4 Å². The van der Waals surface area contributed by atoms with Gasteiger partial charge in [0.2, 0.25) is 5.95 Å². The maximum atomic E-state index is 13.3. The number of aromatic nitrogens is 3. The Bertz CT molecular complexity index is 1240. The summed E-state index contributed by atoms with van der Waals surface area (Å²) < 4.78 is 55.6. The van der Waals surface area contributed by atoms with Gasteiger partial charge in [0.05, 0.1) is 30.7 Å². The minimum absolute atomic E-state index is 0.0174. The molecule has 2 bridgehead atoms. The summed E-state index contributed by atoms with van der Waals surface area (Å²) in [5, 5.41) is 4.52. The van der Waals surface area contributed by atoms with Gasteiger partial charge in [0.25, 0.3) is 5.91 Å². The number of rotatable bonds is 6. The quantitative estimate of drug-likeness (QED) is 0.556. The fourth-order valence-corrected chi connectivity index (χ4v) is 4.60. The molecule has 0 aromatic carbocycles. The van der Waals surface area contributed by atoms with Crippen LogP contribution in [-0.2, 0) is 9.47 Å². The molecule has 2 saturated heterocycles. The third-order valence-corrected chi connectivity index (χ3v) is 6.59. The smallest absolute Gasteiger partial charge is 0.408 e. The summed E-state index contributed by atoms with van der Waals surface area (Å²) in [5.74, 6) is -1.09. The number of nitrogens with zero attached hydrogens (tertiary/aromatic N) is 5. The van der Waals surface area contributed by atoms with E-state index in [0.717, 1.165) is 6.92 Å². The molecule has 5 rings (SSSR count). The van der Waals surface area contributed by atoms with E-state index in [1.807, 2.05) is 24.1 Å². The Kier molecular flexibility index (Phi) is 6.97. The SMILES string of the molecule is C[C@@H](NC(=O)c1ccc2c(n1)N(C(=O)Nc1ncc(OC[C@@H]3COC(C)(C)O3)cn1)[C@H]1CCN2C1)C(F)(F)F. The van der Waals surface area contributed by atoms with Crippen molar-refractivity contribution in [3.05, 3.63) is 30.2 Å². The molecular weight excluding hydrogens is 523 g/mol. The van der Waals surface area contributed by atoms with Crippen LogP contribution >= 0.6 is 0 Å². The van der Waals surface area contributed by atoms with Crippen molar-refractivity contribution < 1.29 is 37.0 Å². The van der Waals surface area contributed by atoms with E-state index in [4.69, 9.17) is 14.2 Å². The first-order valence-corrected chi connectivity index (χ1v) is 12.4. The molecule has 2 aromatic heterocycles. The molecule has 39 heavy (non-hydrogen) atoms. The van der Waals surface area contributed by atoms with Crippen LogP contribution in [0.5, 0.6) is 5.75 Å². The number of halogens is 3. The second-order valence-corrected chi connectivity index (χ2v) is 9.97. The van der Waals surface area contributed by atoms with Gasteiger partial charge in [-0.15, -0.1) is 0 Å². The third kappa shape index (κ3) is 5.83. The monoisotopic (exact) mass is 551 g/mol. The lowest BCUT2D eigenvalue weighted by Gasteiger charge is -2.35. The molecule has 3 atom stereocenters. The molecule has 3 aliphatic rings. The molecule has 3 aliphatic heterocycles. The molecule has 0 spiro atoms. The zero-order chi connectivity index (χ0) is 27.9.